The number of halogens is 3. The molecule has 3 rings (SSSR count). The molecule has 1 aromatic carbocycles. The molecule has 23 heavy (non-hydrogen) atoms. The molecule has 2 heterocycles. The summed E-state index contributed by atoms with van der Waals surface area (Å²) in [5, 5.41) is 3.97. The molecule has 0 saturated carbocycles. The van der Waals surface area contributed by atoms with Gasteiger partial charge in [-0.25, -0.2) is 0 Å². The number of benzene rings is 1. The quantitative estimate of drug-likeness (QED) is 0.907. The van der Waals surface area contributed by atoms with Gasteiger partial charge >= 0.3 is 6.18 Å². The zero-order valence-corrected chi connectivity index (χ0v) is 12.9. The molecule has 1 aromatic heterocycles. The molecule has 0 spiro atoms. The van der Waals surface area contributed by atoms with Crippen LogP contribution in [0.1, 0.15) is 18.0 Å². The van der Waals surface area contributed by atoms with E-state index in [1.165, 1.54) is 0 Å². The first-order valence-electron chi connectivity index (χ1n) is 7.64. The molecule has 0 unspecified atom stereocenters. The predicted molar refractivity (Wildman–Crippen MR) is 82.7 cm³/mol. The maximum absolute atomic E-state index is 13.1. The number of hydrogen-bond acceptors (Lipinski definition) is 3. The van der Waals surface area contributed by atoms with Crippen LogP contribution in [0.5, 0.6) is 5.75 Å². The van der Waals surface area contributed by atoms with E-state index in [1.54, 1.807) is 25.4 Å². The van der Waals surface area contributed by atoms with Gasteiger partial charge in [-0.15, -0.1) is 0 Å². The topological polar surface area (TPSA) is 40.3 Å². The number of rotatable bonds is 4. The molecular formula is C16H20F3N3O. The van der Waals surface area contributed by atoms with E-state index in [9.17, 15) is 13.2 Å². The van der Waals surface area contributed by atoms with Crippen molar-refractivity contribution >= 4 is 10.9 Å². The van der Waals surface area contributed by atoms with Gasteiger partial charge in [0, 0.05) is 49.3 Å². The maximum Gasteiger partial charge on any atom is 0.390 e. The highest BCUT2D eigenvalue weighted by molar-refractivity contribution is 5.85. The Hall–Kier alpha value is -1.73. The lowest BCUT2D eigenvalue weighted by Crippen LogP contribution is -2.46. The molecule has 2 N–H and O–H groups in total. The summed E-state index contributed by atoms with van der Waals surface area (Å²) in [7, 11) is 1.55. The molecule has 1 fully saturated rings. The third-order valence-electron chi connectivity index (χ3n) is 4.30. The van der Waals surface area contributed by atoms with Gasteiger partial charge in [-0.2, -0.15) is 13.2 Å². The summed E-state index contributed by atoms with van der Waals surface area (Å²) in [5.41, 5.74) is 1.50. The van der Waals surface area contributed by atoms with Crippen LogP contribution in [0.15, 0.2) is 24.4 Å². The van der Waals surface area contributed by atoms with E-state index >= 15 is 0 Å². The minimum absolute atomic E-state index is 0.609. The number of hydrogen-bond donors (Lipinski definition) is 2. The minimum atomic E-state index is -4.21. The van der Waals surface area contributed by atoms with Gasteiger partial charge in [-0.1, -0.05) is 0 Å². The SMILES string of the molecule is COc1ccc2[nH]cc([C@H](CC(F)(F)F)N3CCNCC3)c2c1. The van der Waals surface area contributed by atoms with Crippen LogP contribution >= 0.6 is 0 Å². The number of fused-ring (bicyclic) bond motifs is 1. The second-order valence-corrected chi connectivity index (χ2v) is 5.78. The van der Waals surface area contributed by atoms with Crippen LogP contribution in [0.4, 0.5) is 13.2 Å². The van der Waals surface area contributed by atoms with Gasteiger partial charge in [0.05, 0.1) is 13.5 Å². The first kappa shape index (κ1) is 16.1. The number of nitrogens with one attached hydrogen (secondary N) is 2. The number of nitrogens with zero attached hydrogens (tertiary/aromatic N) is 1. The fourth-order valence-corrected chi connectivity index (χ4v) is 3.17. The fourth-order valence-electron chi connectivity index (χ4n) is 3.17. The number of methoxy groups -OCH3 is 1. The highest BCUT2D eigenvalue weighted by atomic mass is 19.4. The molecule has 7 heteroatoms. The number of piperazine rings is 1. The summed E-state index contributed by atoms with van der Waals surface area (Å²) in [5.74, 6) is 0.643. The van der Waals surface area contributed by atoms with E-state index in [4.69, 9.17) is 4.74 Å². The summed E-state index contributed by atoms with van der Waals surface area (Å²) in [6, 6.07) is 4.75. The van der Waals surface area contributed by atoms with Crippen molar-refractivity contribution in [3.8, 4) is 5.75 Å². The Bertz CT molecular complexity index is 662. The molecule has 1 aliphatic rings. The highest BCUT2D eigenvalue weighted by Crippen LogP contribution is 2.38. The van der Waals surface area contributed by atoms with Crippen LogP contribution in [0, 0.1) is 0 Å². The Balaban J connectivity index is 2.01. The number of aromatic amines is 1. The van der Waals surface area contributed by atoms with Crippen molar-refractivity contribution in [1.29, 1.82) is 0 Å². The lowest BCUT2D eigenvalue weighted by Gasteiger charge is -2.35. The Morgan fingerprint density at radius 1 is 1.26 bits per heavy atom. The molecule has 0 aliphatic carbocycles. The largest absolute Gasteiger partial charge is 0.497 e. The number of alkyl halides is 3. The third kappa shape index (κ3) is 3.61. The molecule has 0 amide bonds. The summed E-state index contributed by atoms with van der Waals surface area (Å²) < 4.78 is 44.6. The summed E-state index contributed by atoms with van der Waals surface area (Å²) in [6.45, 7) is 2.63. The molecule has 2 aromatic rings. The van der Waals surface area contributed by atoms with Crippen molar-refractivity contribution in [3.63, 3.8) is 0 Å². The van der Waals surface area contributed by atoms with Crippen LogP contribution in [0.3, 0.4) is 0 Å². The minimum Gasteiger partial charge on any atom is -0.497 e. The average molecular weight is 327 g/mol. The van der Waals surface area contributed by atoms with Crippen LogP contribution in [0.2, 0.25) is 0 Å². The van der Waals surface area contributed by atoms with Crippen molar-refractivity contribution in [3.05, 3.63) is 30.0 Å². The lowest BCUT2D eigenvalue weighted by molar-refractivity contribution is -0.148. The van der Waals surface area contributed by atoms with Crippen molar-refractivity contribution in [1.82, 2.24) is 15.2 Å². The predicted octanol–water partition coefficient (Wildman–Crippen LogP) is 3.08. The molecule has 0 radical (unpaired) electrons. The summed E-state index contributed by atoms with van der Waals surface area (Å²) in [6.07, 6.45) is -3.36. The second-order valence-electron chi connectivity index (χ2n) is 5.78. The third-order valence-corrected chi connectivity index (χ3v) is 4.30. The van der Waals surface area contributed by atoms with Gasteiger partial charge in [-0.3, -0.25) is 4.90 Å². The average Bonchev–Trinajstić information content (AvgIpc) is 2.95. The van der Waals surface area contributed by atoms with Gasteiger partial charge in [-0.05, 0) is 23.8 Å². The van der Waals surface area contributed by atoms with E-state index < -0.39 is 18.6 Å². The first-order valence-corrected chi connectivity index (χ1v) is 7.64. The van der Waals surface area contributed by atoms with Crippen LogP contribution < -0.4 is 10.1 Å². The van der Waals surface area contributed by atoms with E-state index in [0.717, 1.165) is 10.9 Å². The van der Waals surface area contributed by atoms with Crippen molar-refractivity contribution in [2.75, 3.05) is 33.3 Å². The van der Waals surface area contributed by atoms with Crippen LogP contribution in [-0.2, 0) is 0 Å². The smallest absolute Gasteiger partial charge is 0.390 e. The molecule has 1 atom stereocenters. The summed E-state index contributed by atoms with van der Waals surface area (Å²) >= 11 is 0. The van der Waals surface area contributed by atoms with Crippen molar-refractivity contribution in [2.45, 2.75) is 18.6 Å². The van der Waals surface area contributed by atoms with E-state index in [0.29, 0.717) is 37.5 Å². The molecule has 126 valence electrons. The van der Waals surface area contributed by atoms with Gasteiger partial charge in [0.1, 0.15) is 5.75 Å². The molecule has 4 nitrogen and oxygen atoms in total. The zero-order valence-electron chi connectivity index (χ0n) is 12.9. The highest BCUT2D eigenvalue weighted by Gasteiger charge is 2.37. The van der Waals surface area contributed by atoms with Crippen molar-refractivity contribution in [2.24, 2.45) is 0 Å². The summed E-state index contributed by atoms with van der Waals surface area (Å²) in [4.78, 5) is 4.99. The lowest BCUT2D eigenvalue weighted by atomic mass is 10.00. The standard InChI is InChI=1S/C16H20F3N3O/c1-23-11-2-3-14-12(8-11)13(10-21-14)15(9-16(17,18)19)22-6-4-20-5-7-22/h2-3,8,10,15,20-21H,4-7,9H2,1H3/t15-/m0/s1. The molecule has 1 aliphatic heterocycles. The fraction of sp³-hybridized carbons (Fsp3) is 0.500. The van der Waals surface area contributed by atoms with Gasteiger partial charge < -0.3 is 15.0 Å². The molecular weight excluding hydrogens is 307 g/mol. The molecule has 1 saturated heterocycles. The Morgan fingerprint density at radius 2 is 2.00 bits per heavy atom. The van der Waals surface area contributed by atoms with Crippen LogP contribution in [0.25, 0.3) is 10.9 Å². The normalized spacial score (nSPS) is 18.3. The Labute approximate surface area is 132 Å². The van der Waals surface area contributed by atoms with Crippen LogP contribution in [-0.4, -0.2) is 49.3 Å². The zero-order chi connectivity index (χ0) is 16.4. The van der Waals surface area contributed by atoms with E-state index in [1.807, 2.05) is 11.0 Å². The Kier molecular flexibility index (Phi) is 4.50. The first-order chi connectivity index (χ1) is 11.0. The monoisotopic (exact) mass is 327 g/mol. The molecule has 0 bridgehead atoms. The number of aromatic nitrogens is 1. The van der Waals surface area contributed by atoms with E-state index in [2.05, 4.69) is 10.3 Å². The van der Waals surface area contributed by atoms with Gasteiger partial charge in [0.25, 0.3) is 0 Å². The number of H-pyrrole nitrogens is 1. The second kappa shape index (κ2) is 6.41. The van der Waals surface area contributed by atoms with Gasteiger partial charge in [0.15, 0.2) is 0 Å². The Morgan fingerprint density at radius 3 is 2.65 bits per heavy atom. The maximum atomic E-state index is 13.1. The van der Waals surface area contributed by atoms with Gasteiger partial charge in [0.2, 0.25) is 0 Å². The van der Waals surface area contributed by atoms with E-state index in [-0.39, 0.29) is 0 Å². The number of ether oxygens (including phenoxy) is 1. The van der Waals surface area contributed by atoms with Crippen molar-refractivity contribution < 1.29 is 17.9 Å².